The van der Waals surface area contributed by atoms with Gasteiger partial charge in [0.1, 0.15) is 11.5 Å². The molecule has 1 aromatic rings. The molecule has 5 heteroatoms. The predicted octanol–water partition coefficient (Wildman–Crippen LogP) is 3.57. The van der Waals surface area contributed by atoms with E-state index < -0.39 is 0 Å². The van der Waals surface area contributed by atoms with Crippen molar-refractivity contribution in [3.63, 3.8) is 0 Å². The van der Waals surface area contributed by atoms with Crippen LogP contribution in [0.4, 0.5) is 0 Å². The van der Waals surface area contributed by atoms with Crippen molar-refractivity contribution < 1.29 is 19.0 Å². The van der Waals surface area contributed by atoms with Crippen molar-refractivity contribution in [2.45, 2.75) is 44.6 Å². The average molecular weight is 347 g/mol. The van der Waals surface area contributed by atoms with Gasteiger partial charge in [0.2, 0.25) is 5.91 Å². The van der Waals surface area contributed by atoms with Gasteiger partial charge in [-0.2, -0.15) is 0 Å². The summed E-state index contributed by atoms with van der Waals surface area (Å²) in [6, 6.07) is 5.47. The van der Waals surface area contributed by atoms with Gasteiger partial charge in [-0.15, -0.1) is 0 Å². The second kappa shape index (κ2) is 10.8. The molecule has 1 aliphatic rings. The SMILES string of the molecule is COc1ccc(OC)c(/C=C/C(=O)NCCCOC2CCCCC2)c1. The van der Waals surface area contributed by atoms with Crippen molar-refractivity contribution in [2.75, 3.05) is 27.4 Å². The van der Waals surface area contributed by atoms with E-state index in [1.807, 2.05) is 18.2 Å². The maximum absolute atomic E-state index is 11.9. The molecule has 0 bridgehead atoms. The van der Waals surface area contributed by atoms with Crippen molar-refractivity contribution in [1.29, 1.82) is 0 Å². The Morgan fingerprint density at radius 3 is 2.72 bits per heavy atom. The van der Waals surface area contributed by atoms with E-state index in [-0.39, 0.29) is 5.91 Å². The molecular formula is C20H29NO4. The van der Waals surface area contributed by atoms with Crippen molar-refractivity contribution >= 4 is 12.0 Å². The Kier molecular flexibility index (Phi) is 8.32. The molecule has 1 amide bonds. The maximum atomic E-state index is 11.9. The summed E-state index contributed by atoms with van der Waals surface area (Å²) in [5.74, 6) is 1.30. The third-order valence-corrected chi connectivity index (χ3v) is 4.38. The fraction of sp³-hybridized carbons (Fsp3) is 0.550. The zero-order valence-electron chi connectivity index (χ0n) is 15.3. The Hall–Kier alpha value is -2.01. The molecule has 0 spiro atoms. The second-order valence-electron chi connectivity index (χ2n) is 6.22. The minimum absolute atomic E-state index is 0.123. The first kappa shape index (κ1) is 19.3. The van der Waals surface area contributed by atoms with Crippen LogP contribution in [0.3, 0.4) is 0 Å². The number of rotatable bonds is 9. The monoisotopic (exact) mass is 347 g/mol. The lowest BCUT2D eigenvalue weighted by Crippen LogP contribution is -2.24. The van der Waals surface area contributed by atoms with E-state index >= 15 is 0 Å². The van der Waals surface area contributed by atoms with Crippen LogP contribution >= 0.6 is 0 Å². The van der Waals surface area contributed by atoms with Crippen LogP contribution < -0.4 is 14.8 Å². The van der Waals surface area contributed by atoms with E-state index in [1.54, 1.807) is 20.3 Å². The molecule has 1 N–H and O–H groups in total. The van der Waals surface area contributed by atoms with Crippen LogP contribution in [0.25, 0.3) is 6.08 Å². The highest BCUT2D eigenvalue weighted by Crippen LogP contribution is 2.25. The van der Waals surface area contributed by atoms with Crippen LogP contribution in [0, 0.1) is 0 Å². The summed E-state index contributed by atoms with van der Waals surface area (Å²) in [7, 11) is 3.21. The number of hydrogen-bond acceptors (Lipinski definition) is 4. The number of carbonyl (C=O) groups is 1. The fourth-order valence-corrected chi connectivity index (χ4v) is 2.96. The fourth-order valence-electron chi connectivity index (χ4n) is 2.96. The first-order valence-corrected chi connectivity index (χ1v) is 9.02. The Labute approximate surface area is 150 Å². The molecular weight excluding hydrogens is 318 g/mol. The number of hydrogen-bond donors (Lipinski definition) is 1. The van der Waals surface area contributed by atoms with Crippen molar-refractivity contribution in [1.82, 2.24) is 5.32 Å². The summed E-state index contributed by atoms with van der Waals surface area (Å²) >= 11 is 0. The van der Waals surface area contributed by atoms with Gasteiger partial charge in [-0.1, -0.05) is 19.3 Å². The largest absolute Gasteiger partial charge is 0.497 e. The normalized spacial score (nSPS) is 15.3. The van der Waals surface area contributed by atoms with Gasteiger partial charge in [0.15, 0.2) is 0 Å². The topological polar surface area (TPSA) is 56.8 Å². The summed E-state index contributed by atoms with van der Waals surface area (Å²) in [5, 5.41) is 2.88. The Morgan fingerprint density at radius 2 is 2.00 bits per heavy atom. The summed E-state index contributed by atoms with van der Waals surface area (Å²) in [5.41, 5.74) is 0.803. The molecule has 0 aliphatic heterocycles. The minimum atomic E-state index is -0.123. The Morgan fingerprint density at radius 1 is 1.20 bits per heavy atom. The third kappa shape index (κ3) is 6.78. The van der Waals surface area contributed by atoms with Crippen LogP contribution in [0.15, 0.2) is 24.3 Å². The van der Waals surface area contributed by atoms with Crippen LogP contribution in [0.2, 0.25) is 0 Å². The smallest absolute Gasteiger partial charge is 0.244 e. The number of benzene rings is 1. The van der Waals surface area contributed by atoms with Gasteiger partial charge < -0.3 is 19.5 Å². The van der Waals surface area contributed by atoms with E-state index in [9.17, 15) is 4.79 Å². The maximum Gasteiger partial charge on any atom is 0.244 e. The zero-order chi connectivity index (χ0) is 17.9. The highest BCUT2D eigenvalue weighted by molar-refractivity contribution is 5.92. The molecule has 1 saturated carbocycles. The van der Waals surface area contributed by atoms with Gasteiger partial charge in [0.05, 0.1) is 20.3 Å². The summed E-state index contributed by atoms with van der Waals surface area (Å²) < 4.78 is 16.3. The molecule has 25 heavy (non-hydrogen) atoms. The number of carbonyl (C=O) groups excluding carboxylic acids is 1. The summed E-state index contributed by atoms with van der Waals surface area (Å²) in [6.07, 6.45) is 10.7. The third-order valence-electron chi connectivity index (χ3n) is 4.38. The predicted molar refractivity (Wildman–Crippen MR) is 99.0 cm³/mol. The number of nitrogens with one attached hydrogen (secondary N) is 1. The second-order valence-corrected chi connectivity index (χ2v) is 6.22. The van der Waals surface area contributed by atoms with Crippen LogP contribution in [-0.4, -0.2) is 39.4 Å². The zero-order valence-corrected chi connectivity index (χ0v) is 15.3. The first-order valence-electron chi connectivity index (χ1n) is 9.02. The molecule has 2 rings (SSSR count). The number of ether oxygens (including phenoxy) is 3. The van der Waals surface area contributed by atoms with Gasteiger partial charge in [-0.05, 0) is 43.5 Å². The molecule has 0 aromatic heterocycles. The van der Waals surface area contributed by atoms with E-state index in [2.05, 4.69) is 5.32 Å². The summed E-state index contributed by atoms with van der Waals surface area (Å²) in [4.78, 5) is 11.9. The van der Waals surface area contributed by atoms with E-state index in [1.165, 1.54) is 38.2 Å². The Balaban J connectivity index is 1.69. The van der Waals surface area contributed by atoms with E-state index in [0.717, 1.165) is 17.7 Å². The van der Waals surface area contributed by atoms with Gasteiger partial charge in [0, 0.05) is 24.8 Å². The van der Waals surface area contributed by atoms with Gasteiger partial charge >= 0.3 is 0 Å². The van der Waals surface area contributed by atoms with Gasteiger partial charge in [-0.25, -0.2) is 0 Å². The first-order chi connectivity index (χ1) is 12.2. The highest BCUT2D eigenvalue weighted by atomic mass is 16.5. The van der Waals surface area contributed by atoms with Gasteiger partial charge in [-0.3, -0.25) is 4.79 Å². The Bertz CT molecular complexity index is 565. The van der Waals surface area contributed by atoms with Gasteiger partial charge in [0.25, 0.3) is 0 Å². The molecule has 0 atom stereocenters. The molecule has 1 fully saturated rings. The van der Waals surface area contributed by atoms with Crippen LogP contribution in [-0.2, 0) is 9.53 Å². The number of methoxy groups -OCH3 is 2. The molecule has 0 unspecified atom stereocenters. The lowest BCUT2D eigenvalue weighted by atomic mass is 9.98. The standard InChI is InChI=1S/C20H29NO4/c1-23-18-10-11-19(24-2)16(15-18)9-12-20(22)21-13-6-14-25-17-7-4-3-5-8-17/h9-12,15,17H,3-8,13-14H2,1-2H3,(H,21,22)/b12-9+. The molecule has 0 radical (unpaired) electrons. The lowest BCUT2D eigenvalue weighted by molar-refractivity contribution is -0.116. The number of amides is 1. The molecule has 0 heterocycles. The van der Waals surface area contributed by atoms with Crippen LogP contribution in [0.1, 0.15) is 44.1 Å². The van der Waals surface area contributed by atoms with Crippen molar-refractivity contribution in [3.05, 3.63) is 29.8 Å². The highest BCUT2D eigenvalue weighted by Gasteiger charge is 2.12. The van der Waals surface area contributed by atoms with Crippen LogP contribution in [0.5, 0.6) is 11.5 Å². The van der Waals surface area contributed by atoms with E-state index in [0.29, 0.717) is 25.0 Å². The lowest BCUT2D eigenvalue weighted by Gasteiger charge is -2.21. The molecule has 5 nitrogen and oxygen atoms in total. The molecule has 1 aliphatic carbocycles. The van der Waals surface area contributed by atoms with Crippen molar-refractivity contribution in [2.24, 2.45) is 0 Å². The minimum Gasteiger partial charge on any atom is -0.497 e. The quantitative estimate of drug-likeness (QED) is 0.548. The average Bonchev–Trinajstić information content (AvgIpc) is 2.66. The molecule has 0 saturated heterocycles. The summed E-state index contributed by atoms with van der Waals surface area (Å²) in [6.45, 7) is 1.32. The van der Waals surface area contributed by atoms with E-state index in [4.69, 9.17) is 14.2 Å². The molecule has 1 aromatic carbocycles. The van der Waals surface area contributed by atoms with Crippen molar-refractivity contribution in [3.8, 4) is 11.5 Å². The molecule has 138 valence electrons.